The highest BCUT2D eigenvalue weighted by Gasteiger charge is 2.17. The van der Waals surface area contributed by atoms with E-state index in [2.05, 4.69) is 32.2 Å². The van der Waals surface area contributed by atoms with Crippen LogP contribution in [0.3, 0.4) is 0 Å². The Bertz CT molecular complexity index is 716. The third-order valence-corrected chi connectivity index (χ3v) is 6.04. The number of nitrogens with one attached hydrogen (secondary N) is 3. The van der Waals surface area contributed by atoms with E-state index in [1.165, 1.54) is 0 Å². The molecule has 1 unspecified atom stereocenters. The Morgan fingerprint density at radius 1 is 1.18 bits per heavy atom. The van der Waals surface area contributed by atoms with Crippen molar-refractivity contribution in [1.29, 1.82) is 0 Å². The van der Waals surface area contributed by atoms with Crippen LogP contribution in [0, 0.1) is 6.92 Å². The van der Waals surface area contributed by atoms with E-state index in [4.69, 9.17) is 4.74 Å². The van der Waals surface area contributed by atoms with Crippen LogP contribution >= 0.6 is 0 Å². The Hall–Kier alpha value is -1.68. The molecule has 1 aliphatic heterocycles. The van der Waals surface area contributed by atoms with Crippen LogP contribution in [0.2, 0.25) is 0 Å². The summed E-state index contributed by atoms with van der Waals surface area (Å²) in [6.45, 7) is 11.6. The lowest BCUT2D eigenvalue weighted by Crippen LogP contribution is -2.45. The van der Waals surface area contributed by atoms with E-state index in [-0.39, 0.29) is 11.4 Å². The molecule has 1 aromatic carbocycles. The summed E-state index contributed by atoms with van der Waals surface area (Å²) in [5.74, 6) is 0.692. The highest BCUT2D eigenvalue weighted by molar-refractivity contribution is 7.89. The van der Waals surface area contributed by atoms with E-state index in [9.17, 15) is 8.42 Å². The topological polar surface area (TPSA) is 95.1 Å². The first-order valence-corrected chi connectivity index (χ1v) is 11.3. The number of guanidine groups is 1. The maximum Gasteiger partial charge on any atom is 0.240 e. The van der Waals surface area contributed by atoms with Gasteiger partial charge < -0.3 is 15.4 Å². The standard InChI is InChI=1S/C19H33N5O3S/c1-4-20-19(22-15-17(3)24-11-13-27-14-12-24)21-9-10-23-28(25,26)18-7-5-16(2)6-8-18/h5-8,17,23H,4,9-15H2,1-3H3,(H2,20,21,22). The SMILES string of the molecule is CCNC(=NCC(C)N1CCOCC1)NCCNS(=O)(=O)c1ccc(C)cc1. The monoisotopic (exact) mass is 411 g/mol. The molecule has 0 bridgehead atoms. The Labute approximate surface area is 168 Å². The Kier molecular flexibility index (Phi) is 9.17. The van der Waals surface area contributed by atoms with Gasteiger partial charge in [-0.25, -0.2) is 13.1 Å². The summed E-state index contributed by atoms with van der Waals surface area (Å²) in [6.07, 6.45) is 0. The molecule has 3 N–H and O–H groups in total. The Balaban J connectivity index is 1.79. The van der Waals surface area contributed by atoms with E-state index in [1.54, 1.807) is 24.3 Å². The average molecular weight is 412 g/mol. The minimum Gasteiger partial charge on any atom is -0.379 e. The summed E-state index contributed by atoms with van der Waals surface area (Å²) in [5, 5.41) is 6.38. The van der Waals surface area contributed by atoms with Gasteiger partial charge in [0.25, 0.3) is 0 Å². The predicted molar refractivity (Wildman–Crippen MR) is 112 cm³/mol. The Morgan fingerprint density at radius 2 is 1.86 bits per heavy atom. The number of rotatable bonds is 9. The summed E-state index contributed by atoms with van der Waals surface area (Å²) in [6, 6.07) is 7.14. The summed E-state index contributed by atoms with van der Waals surface area (Å²) in [4.78, 5) is 7.27. The third-order valence-electron chi connectivity index (χ3n) is 4.57. The molecule has 8 nitrogen and oxygen atoms in total. The molecule has 1 saturated heterocycles. The molecule has 1 aromatic rings. The van der Waals surface area contributed by atoms with Gasteiger partial charge in [-0.1, -0.05) is 17.7 Å². The van der Waals surface area contributed by atoms with Gasteiger partial charge in [0.2, 0.25) is 10.0 Å². The van der Waals surface area contributed by atoms with Crippen LogP contribution in [0.25, 0.3) is 0 Å². The number of aryl methyl sites for hydroxylation is 1. The van der Waals surface area contributed by atoms with Crippen molar-refractivity contribution in [2.24, 2.45) is 4.99 Å². The van der Waals surface area contributed by atoms with Gasteiger partial charge >= 0.3 is 0 Å². The number of hydrogen-bond acceptors (Lipinski definition) is 5. The quantitative estimate of drug-likeness (QED) is 0.312. The zero-order chi connectivity index (χ0) is 20.4. The van der Waals surface area contributed by atoms with E-state index in [1.807, 2.05) is 13.8 Å². The van der Waals surface area contributed by atoms with Gasteiger partial charge in [-0.05, 0) is 32.9 Å². The van der Waals surface area contributed by atoms with E-state index in [0.29, 0.717) is 25.1 Å². The Morgan fingerprint density at radius 3 is 2.50 bits per heavy atom. The van der Waals surface area contributed by atoms with Crippen molar-refractivity contribution in [3.05, 3.63) is 29.8 Å². The molecule has 1 aliphatic rings. The summed E-state index contributed by atoms with van der Waals surface area (Å²) >= 11 is 0. The molecule has 2 rings (SSSR count). The number of sulfonamides is 1. The highest BCUT2D eigenvalue weighted by atomic mass is 32.2. The van der Waals surface area contributed by atoms with Crippen LogP contribution in [0.1, 0.15) is 19.4 Å². The lowest BCUT2D eigenvalue weighted by molar-refractivity contribution is 0.0220. The zero-order valence-electron chi connectivity index (χ0n) is 17.1. The number of nitrogens with zero attached hydrogens (tertiary/aromatic N) is 2. The van der Waals surface area contributed by atoms with Gasteiger partial charge in [0.1, 0.15) is 0 Å². The summed E-state index contributed by atoms with van der Waals surface area (Å²) in [7, 11) is -3.50. The third kappa shape index (κ3) is 7.38. The molecule has 0 saturated carbocycles. The first-order chi connectivity index (χ1) is 13.4. The van der Waals surface area contributed by atoms with Gasteiger partial charge in [0, 0.05) is 38.8 Å². The smallest absolute Gasteiger partial charge is 0.240 e. The second-order valence-corrected chi connectivity index (χ2v) is 8.62. The molecule has 0 aromatic heterocycles. The fourth-order valence-corrected chi connectivity index (χ4v) is 3.90. The van der Waals surface area contributed by atoms with Crippen molar-refractivity contribution >= 4 is 16.0 Å². The van der Waals surface area contributed by atoms with Crippen LogP contribution < -0.4 is 15.4 Å². The van der Waals surface area contributed by atoms with Crippen LogP contribution in [0.15, 0.2) is 34.2 Å². The van der Waals surface area contributed by atoms with E-state index in [0.717, 1.165) is 38.4 Å². The van der Waals surface area contributed by atoms with Crippen molar-refractivity contribution in [3.8, 4) is 0 Å². The minimum absolute atomic E-state index is 0.276. The number of ether oxygens (including phenoxy) is 1. The minimum atomic E-state index is -3.50. The van der Waals surface area contributed by atoms with Crippen LogP contribution in [0.4, 0.5) is 0 Å². The molecule has 9 heteroatoms. The van der Waals surface area contributed by atoms with Gasteiger partial charge in [-0.3, -0.25) is 9.89 Å². The molecule has 1 atom stereocenters. The first kappa shape index (κ1) is 22.6. The van der Waals surface area contributed by atoms with Gasteiger partial charge in [-0.15, -0.1) is 0 Å². The van der Waals surface area contributed by atoms with Crippen LogP contribution in [-0.4, -0.2) is 77.8 Å². The first-order valence-electron chi connectivity index (χ1n) is 9.82. The van der Waals surface area contributed by atoms with E-state index < -0.39 is 10.0 Å². The van der Waals surface area contributed by atoms with Gasteiger partial charge in [0.05, 0.1) is 24.7 Å². The second kappa shape index (κ2) is 11.4. The molecular formula is C19H33N5O3S. The van der Waals surface area contributed by atoms with Crippen molar-refractivity contribution in [2.75, 3.05) is 52.5 Å². The maximum absolute atomic E-state index is 12.3. The molecule has 0 radical (unpaired) electrons. The average Bonchev–Trinajstić information content (AvgIpc) is 2.70. The molecule has 0 aliphatic carbocycles. The summed E-state index contributed by atoms with van der Waals surface area (Å²) < 4.78 is 32.6. The molecule has 1 fully saturated rings. The normalized spacial score (nSPS) is 17.3. The molecule has 158 valence electrons. The maximum atomic E-state index is 12.3. The number of morpholine rings is 1. The molecule has 28 heavy (non-hydrogen) atoms. The zero-order valence-corrected chi connectivity index (χ0v) is 17.9. The molecular weight excluding hydrogens is 378 g/mol. The van der Waals surface area contributed by atoms with Crippen LogP contribution in [-0.2, 0) is 14.8 Å². The molecule has 1 heterocycles. The van der Waals surface area contributed by atoms with Gasteiger partial charge in [-0.2, -0.15) is 0 Å². The second-order valence-electron chi connectivity index (χ2n) is 6.85. The molecule has 0 amide bonds. The fraction of sp³-hybridized carbons (Fsp3) is 0.632. The van der Waals surface area contributed by atoms with Crippen molar-refractivity contribution in [1.82, 2.24) is 20.3 Å². The van der Waals surface area contributed by atoms with Crippen molar-refractivity contribution < 1.29 is 13.2 Å². The number of hydrogen-bond donors (Lipinski definition) is 3. The van der Waals surface area contributed by atoms with Crippen LogP contribution in [0.5, 0.6) is 0 Å². The number of aliphatic imine (C=N–C) groups is 1. The molecule has 0 spiro atoms. The predicted octanol–water partition coefficient (Wildman–Crippen LogP) is 0.549. The largest absolute Gasteiger partial charge is 0.379 e. The lowest BCUT2D eigenvalue weighted by Gasteiger charge is -2.31. The highest BCUT2D eigenvalue weighted by Crippen LogP contribution is 2.09. The van der Waals surface area contributed by atoms with Gasteiger partial charge in [0.15, 0.2) is 5.96 Å². The number of benzene rings is 1. The summed E-state index contributed by atoms with van der Waals surface area (Å²) in [5.41, 5.74) is 1.03. The van der Waals surface area contributed by atoms with Crippen molar-refractivity contribution in [3.63, 3.8) is 0 Å². The van der Waals surface area contributed by atoms with E-state index >= 15 is 0 Å². The van der Waals surface area contributed by atoms with Crippen molar-refractivity contribution in [2.45, 2.75) is 31.7 Å². The fourth-order valence-electron chi connectivity index (χ4n) is 2.87. The lowest BCUT2D eigenvalue weighted by atomic mass is 10.2.